The highest BCUT2D eigenvalue weighted by atomic mass is 14.1. The molecule has 50 valence electrons. The molecule has 0 unspecified atom stereocenters. The molecule has 0 N–H and O–H groups in total. The van der Waals surface area contributed by atoms with Crippen LogP contribution in [0.25, 0.3) is 0 Å². The smallest absolute Gasteiger partial charge is 0.0285 e. The molecule has 0 aromatic heterocycles. The van der Waals surface area contributed by atoms with Gasteiger partial charge in [-0.1, -0.05) is 23.8 Å². The Morgan fingerprint density at radius 1 is 1.67 bits per heavy atom. The highest BCUT2D eigenvalue weighted by Gasteiger charge is 2.02. The van der Waals surface area contributed by atoms with Crippen LogP contribution in [0.3, 0.4) is 0 Å². The van der Waals surface area contributed by atoms with Crippen LogP contribution in [0, 0.1) is 0 Å². The number of hydrogen-bond acceptors (Lipinski definition) is 0. The number of rotatable bonds is 3. The van der Waals surface area contributed by atoms with Crippen molar-refractivity contribution in [2.75, 3.05) is 0 Å². The molecule has 0 fully saturated rings. The lowest BCUT2D eigenvalue weighted by atomic mass is 9.95. The summed E-state index contributed by atoms with van der Waals surface area (Å²) in [5.41, 5.74) is 1.66. The Morgan fingerprint density at radius 3 is 2.89 bits per heavy atom. The fourth-order valence-corrected chi connectivity index (χ4v) is 1.01. The molecule has 0 atom stereocenters. The molecular formula is C9H14. The van der Waals surface area contributed by atoms with Crippen molar-refractivity contribution in [1.29, 1.82) is 0 Å². The molecule has 0 aromatic rings. The average molecular weight is 122 g/mol. The van der Waals surface area contributed by atoms with E-state index in [1.807, 2.05) is 0 Å². The number of allylic oxidation sites excluding steroid dienone is 4. The standard InChI is InChI=1S/C9H14/c1-2-3-4-6-9-7-5-8-9/h2-3,7H,4-6,8H2,1H3. The van der Waals surface area contributed by atoms with Gasteiger partial charge in [-0.25, -0.2) is 0 Å². The van der Waals surface area contributed by atoms with Crippen molar-refractivity contribution in [3.63, 3.8) is 0 Å². The minimum Gasteiger partial charge on any atom is -0.0917 e. The van der Waals surface area contributed by atoms with Crippen LogP contribution in [-0.2, 0) is 0 Å². The predicted octanol–water partition coefficient (Wildman–Crippen LogP) is 3.06. The Bertz CT molecular complexity index is 129. The molecule has 0 radical (unpaired) electrons. The second kappa shape index (κ2) is 3.49. The van der Waals surface area contributed by atoms with Gasteiger partial charge in [-0.3, -0.25) is 0 Å². The average Bonchev–Trinajstić information content (AvgIpc) is 1.76. The summed E-state index contributed by atoms with van der Waals surface area (Å²) < 4.78 is 0. The predicted molar refractivity (Wildman–Crippen MR) is 41.4 cm³/mol. The molecule has 0 saturated heterocycles. The van der Waals surface area contributed by atoms with Crippen molar-refractivity contribution < 1.29 is 0 Å². The summed E-state index contributed by atoms with van der Waals surface area (Å²) in [6, 6.07) is 0. The van der Waals surface area contributed by atoms with Gasteiger partial charge in [0.1, 0.15) is 0 Å². The third-order valence-electron chi connectivity index (χ3n) is 1.77. The van der Waals surface area contributed by atoms with Gasteiger partial charge in [-0.15, -0.1) is 0 Å². The summed E-state index contributed by atoms with van der Waals surface area (Å²) in [4.78, 5) is 0. The fraction of sp³-hybridized carbons (Fsp3) is 0.556. The summed E-state index contributed by atoms with van der Waals surface area (Å²) in [5.74, 6) is 0. The quantitative estimate of drug-likeness (QED) is 0.505. The molecular weight excluding hydrogens is 108 g/mol. The van der Waals surface area contributed by atoms with Gasteiger partial charge < -0.3 is 0 Å². The molecule has 0 nitrogen and oxygen atoms in total. The van der Waals surface area contributed by atoms with E-state index in [0.29, 0.717) is 0 Å². The van der Waals surface area contributed by atoms with Crippen LogP contribution in [0.4, 0.5) is 0 Å². The first-order valence-corrected chi connectivity index (χ1v) is 3.72. The topological polar surface area (TPSA) is 0 Å². The molecule has 0 amide bonds. The minimum atomic E-state index is 1.24. The lowest BCUT2D eigenvalue weighted by Gasteiger charge is -2.12. The molecule has 0 aromatic carbocycles. The first-order chi connectivity index (χ1) is 4.43. The van der Waals surface area contributed by atoms with Gasteiger partial charge in [0.05, 0.1) is 0 Å². The van der Waals surface area contributed by atoms with Crippen LogP contribution in [0.2, 0.25) is 0 Å². The molecule has 0 aliphatic heterocycles. The Labute approximate surface area is 57.3 Å². The largest absolute Gasteiger partial charge is 0.0917 e. The summed E-state index contributed by atoms with van der Waals surface area (Å²) in [6.07, 6.45) is 11.9. The van der Waals surface area contributed by atoms with E-state index in [-0.39, 0.29) is 0 Å². The first kappa shape index (κ1) is 6.60. The van der Waals surface area contributed by atoms with Crippen LogP contribution < -0.4 is 0 Å². The fourth-order valence-electron chi connectivity index (χ4n) is 1.01. The van der Waals surface area contributed by atoms with Crippen molar-refractivity contribution in [3.8, 4) is 0 Å². The third-order valence-corrected chi connectivity index (χ3v) is 1.77. The lowest BCUT2D eigenvalue weighted by molar-refractivity contribution is 0.786. The molecule has 0 bridgehead atoms. The highest BCUT2D eigenvalue weighted by Crippen LogP contribution is 2.22. The van der Waals surface area contributed by atoms with E-state index in [9.17, 15) is 0 Å². The Balaban J connectivity index is 2.05. The van der Waals surface area contributed by atoms with E-state index < -0.39 is 0 Å². The van der Waals surface area contributed by atoms with Crippen molar-refractivity contribution >= 4 is 0 Å². The van der Waals surface area contributed by atoms with Crippen molar-refractivity contribution in [2.24, 2.45) is 0 Å². The Kier molecular flexibility index (Phi) is 2.56. The van der Waals surface area contributed by atoms with E-state index in [1.165, 1.54) is 25.7 Å². The second-order valence-electron chi connectivity index (χ2n) is 2.51. The van der Waals surface area contributed by atoms with Gasteiger partial charge in [-0.05, 0) is 32.6 Å². The van der Waals surface area contributed by atoms with E-state index in [2.05, 4.69) is 25.2 Å². The van der Waals surface area contributed by atoms with Gasteiger partial charge >= 0.3 is 0 Å². The highest BCUT2D eigenvalue weighted by molar-refractivity contribution is 5.12. The van der Waals surface area contributed by atoms with E-state index in [1.54, 1.807) is 5.57 Å². The molecule has 9 heavy (non-hydrogen) atoms. The summed E-state index contributed by atoms with van der Waals surface area (Å²) >= 11 is 0. The monoisotopic (exact) mass is 122 g/mol. The molecule has 0 saturated carbocycles. The molecule has 1 rings (SSSR count). The van der Waals surface area contributed by atoms with Crippen molar-refractivity contribution in [1.82, 2.24) is 0 Å². The van der Waals surface area contributed by atoms with Crippen LogP contribution in [-0.4, -0.2) is 0 Å². The number of hydrogen-bond donors (Lipinski definition) is 0. The van der Waals surface area contributed by atoms with Crippen LogP contribution in [0.5, 0.6) is 0 Å². The van der Waals surface area contributed by atoms with E-state index in [4.69, 9.17) is 0 Å². The summed E-state index contributed by atoms with van der Waals surface area (Å²) in [6.45, 7) is 2.08. The minimum absolute atomic E-state index is 1.24. The van der Waals surface area contributed by atoms with E-state index >= 15 is 0 Å². The maximum Gasteiger partial charge on any atom is -0.0285 e. The van der Waals surface area contributed by atoms with Crippen LogP contribution in [0.15, 0.2) is 23.8 Å². The summed E-state index contributed by atoms with van der Waals surface area (Å²) in [7, 11) is 0. The normalized spacial score (nSPS) is 17.7. The maximum atomic E-state index is 2.35. The molecule has 0 heterocycles. The van der Waals surface area contributed by atoms with Gasteiger partial charge in [-0.2, -0.15) is 0 Å². The third kappa shape index (κ3) is 2.05. The lowest BCUT2D eigenvalue weighted by Crippen LogP contribution is -1.92. The molecule has 1 aliphatic rings. The molecule has 0 spiro atoms. The van der Waals surface area contributed by atoms with E-state index in [0.717, 1.165) is 0 Å². The zero-order chi connectivity index (χ0) is 6.53. The van der Waals surface area contributed by atoms with Crippen LogP contribution in [0.1, 0.15) is 32.6 Å². The van der Waals surface area contributed by atoms with Gasteiger partial charge in [0.15, 0.2) is 0 Å². The molecule has 0 heteroatoms. The zero-order valence-electron chi connectivity index (χ0n) is 6.06. The zero-order valence-corrected chi connectivity index (χ0v) is 6.06. The van der Waals surface area contributed by atoms with Gasteiger partial charge in [0.2, 0.25) is 0 Å². The second-order valence-corrected chi connectivity index (χ2v) is 2.51. The van der Waals surface area contributed by atoms with Crippen LogP contribution >= 0.6 is 0 Å². The summed E-state index contributed by atoms with van der Waals surface area (Å²) in [5, 5.41) is 0. The SMILES string of the molecule is CC=CCCC1=CCC1. The Morgan fingerprint density at radius 2 is 2.44 bits per heavy atom. The molecule has 1 aliphatic carbocycles. The van der Waals surface area contributed by atoms with Crippen molar-refractivity contribution in [2.45, 2.75) is 32.6 Å². The Hall–Kier alpha value is -0.520. The van der Waals surface area contributed by atoms with Gasteiger partial charge in [0, 0.05) is 0 Å². The van der Waals surface area contributed by atoms with Crippen molar-refractivity contribution in [3.05, 3.63) is 23.8 Å². The first-order valence-electron chi connectivity index (χ1n) is 3.72. The van der Waals surface area contributed by atoms with Gasteiger partial charge in [0.25, 0.3) is 0 Å². The maximum absolute atomic E-state index is 2.35.